The Labute approximate surface area is 99.4 Å². The topological polar surface area (TPSA) is 75.7 Å². The summed E-state index contributed by atoms with van der Waals surface area (Å²) in [6.45, 7) is -0.556. The molecule has 0 aliphatic rings. The third-order valence-corrected chi connectivity index (χ3v) is 2.18. The largest absolute Gasteiger partial charge is 0.573 e. The maximum Gasteiger partial charge on any atom is 0.573 e. The molecular formula is C9H9ClF3NO3. The van der Waals surface area contributed by atoms with Crippen molar-refractivity contribution < 1.29 is 28.1 Å². The zero-order chi connectivity index (χ0) is 13.2. The van der Waals surface area contributed by atoms with Gasteiger partial charge in [0.2, 0.25) is 0 Å². The molecule has 0 bridgehead atoms. The number of aliphatic hydroxyl groups excluding tert-OH is 1. The zero-order valence-electron chi connectivity index (χ0n) is 8.33. The molecular weight excluding hydrogens is 263 g/mol. The third-order valence-electron chi connectivity index (χ3n) is 1.90. The Balaban J connectivity index is 3.15. The van der Waals surface area contributed by atoms with Crippen molar-refractivity contribution in [1.82, 2.24) is 0 Å². The highest BCUT2D eigenvalue weighted by molar-refractivity contribution is 6.32. The van der Waals surface area contributed by atoms with Crippen LogP contribution in [0.15, 0.2) is 12.1 Å². The van der Waals surface area contributed by atoms with Crippen LogP contribution in [0.1, 0.15) is 11.6 Å². The summed E-state index contributed by atoms with van der Waals surface area (Å²) in [5.74, 6) is -1.10. The van der Waals surface area contributed by atoms with Gasteiger partial charge in [0.15, 0.2) is 0 Å². The van der Waals surface area contributed by atoms with Gasteiger partial charge in [0, 0.05) is 11.6 Å². The molecule has 0 aliphatic heterocycles. The van der Waals surface area contributed by atoms with Gasteiger partial charge < -0.3 is 20.7 Å². The van der Waals surface area contributed by atoms with E-state index in [4.69, 9.17) is 22.4 Å². The predicted molar refractivity (Wildman–Crippen MR) is 53.8 cm³/mol. The van der Waals surface area contributed by atoms with Crippen molar-refractivity contribution in [3.8, 4) is 11.5 Å². The SMILES string of the molecule is N[C@H](CO)c1cc(OC(F)(F)F)cc(Cl)c1O. The highest BCUT2D eigenvalue weighted by Crippen LogP contribution is 2.36. The normalized spacial score (nSPS) is 13.5. The van der Waals surface area contributed by atoms with E-state index in [1.807, 2.05) is 0 Å². The number of halogens is 4. The number of phenolic OH excluding ortho intramolecular Hbond substituents is 1. The van der Waals surface area contributed by atoms with Crippen LogP contribution in [0.4, 0.5) is 13.2 Å². The van der Waals surface area contributed by atoms with Crippen LogP contribution in [-0.4, -0.2) is 23.2 Å². The molecule has 0 aromatic heterocycles. The van der Waals surface area contributed by atoms with Gasteiger partial charge in [-0.3, -0.25) is 0 Å². The number of hydrogen-bond acceptors (Lipinski definition) is 4. The lowest BCUT2D eigenvalue weighted by atomic mass is 10.1. The van der Waals surface area contributed by atoms with Crippen LogP contribution in [0, 0.1) is 0 Å². The van der Waals surface area contributed by atoms with Crippen LogP contribution in [0.3, 0.4) is 0 Å². The van der Waals surface area contributed by atoms with E-state index in [9.17, 15) is 18.3 Å². The number of benzene rings is 1. The molecule has 0 fully saturated rings. The smallest absolute Gasteiger partial charge is 0.506 e. The molecule has 4 nitrogen and oxygen atoms in total. The van der Waals surface area contributed by atoms with Gasteiger partial charge in [0.25, 0.3) is 0 Å². The van der Waals surface area contributed by atoms with Crippen molar-refractivity contribution in [2.75, 3.05) is 6.61 Å². The molecule has 1 aromatic carbocycles. The lowest BCUT2D eigenvalue weighted by Gasteiger charge is -2.15. The lowest BCUT2D eigenvalue weighted by Crippen LogP contribution is -2.18. The fourth-order valence-electron chi connectivity index (χ4n) is 1.17. The van der Waals surface area contributed by atoms with Gasteiger partial charge >= 0.3 is 6.36 Å². The number of rotatable bonds is 3. The fraction of sp³-hybridized carbons (Fsp3) is 0.333. The lowest BCUT2D eigenvalue weighted by molar-refractivity contribution is -0.274. The first-order valence-electron chi connectivity index (χ1n) is 4.39. The summed E-state index contributed by atoms with van der Waals surface area (Å²) in [7, 11) is 0. The number of nitrogens with two attached hydrogens (primary N) is 1. The summed E-state index contributed by atoms with van der Waals surface area (Å²) in [6, 6.07) is 0.623. The summed E-state index contributed by atoms with van der Waals surface area (Å²) >= 11 is 5.51. The van der Waals surface area contributed by atoms with Crippen LogP contribution in [0.2, 0.25) is 5.02 Å². The monoisotopic (exact) mass is 271 g/mol. The van der Waals surface area contributed by atoms with Crippen molar-refractivity contribution in [2.45, 2.75) is 12.4 Å². The molecule has 8 heteroatoms. The number of ether oxygens (including phenoxy) is 1. The second-order valence-electron chi connectivity index (χ2n) is 3.18. The average Bonchev–Trinajstić information content (AvgIpc) is 2.19. The Morgan fingerprint density at radius 1 is 1.41 bits per heavy atom. The first-order chi connectivity index (χ1) is 7.74. The minimum absolute atomic E-state index is 0.126. The molecule has 0 saturated heterocycles. The van der Waals surface area contributed by atoms with E-state index in [1.165, 1.54) is 0 Å². The van der Waals surface area contributed by atoms with Crippen molar-refractivity contribution in [3.63, 3.8) is 0 Å². The Kier molecular flexibility index (Phi) is 4.07. The third kappa shape index (κ3) is 3.65. The molecule has 4 N–H and O–H groups in total. The molecule has 0 radical (unpaired) electrons. The highest BCUT2D eigenvalue weighted by Gasteiger charge is 2.32. The minimum atomic E-state index is -4.87. The second-order valence-corrected chi connectivity index (χ2v) is 3.59. The van der Waals surface area contributed by atoms with E-state index in [1.54, 1.807) is 0 Å². The standard InChI is InChI=1S/C9H9ClF3NO3/c10-6-2-4(17-9(11,12)13)1-5(8(6)16)7(14)3-15/h1-2,7,15-16H,3,14H2/t7-/m1/s1. The Hall–Kier alpha value is -1.18. The first kappa shape index (κ1) is 13.9. The Morgan fingerprint density at radius 2 is 2.00 bits per heavy atom. The molecule has 17 heavy (non-hydrogen) atoms. The predicted octanol–water partition coefficient (Wildman–Crippen LogP) is 1.94. The molecule has 0 aliphatic carbocycles. The number of phenols is 1. The van der Waals surface area contributed by atoms with Crippen molar-refractivity contribution >= 4 is 11.6 Å². The maximum atomic E-state index is 12.0. The van der Waals surface area contributed by atoms with Gasteiger partial charge in [-0.25, -0.2) is 0 Å². The molecule has 0 unspecified atom stereocenters. The van der Waals surface area contributed by atoms with Gasteiger partial charge in [0.05, 0.1) is 17.7 Å². The minimum Gasteiger partial charge on any atom is -0.506 e. The van der Waals surface area contributed by atoms with E-state index in [-0.39, 0.29) is 10.6 Å². The van der Waals surface area contributed by atoms with E-state index in [0.717, 1.165) is 12.1 Å². The van der Waals surface area contributed by atoms with E-state index in [0.29, 0.717) is 0 Å². The summed E-state index contributed by atoms with van der Waals surface area (Å²) < 4.78 is 39.6. The van der Waals surface area contributed by atoms with E-state index < -0.39 is 30.5 Å². The molecule has 0 spiro atoms. The second kappa shape index (κ2) is 4.99. The van der Waals surface area contributed by atoms with Gasteiger partial charge in [-0.1, -0.05) is 11.6 Å². The Morgan fingerprint density at radius 3 is 2.47 bits per heavy atom. The van der Waals surface area contributed by atoms with Crippen molar-refractivity contribution in [1.29, 1.82) is 0 Å². The molecule has 0 saturated carbocycles. The molecule has 1 atom stereocenters. The first-order valence-corrected chi connectivity index (χ1v) is 4.77. The van der Waals surface area contributed by atoms with Gasteiger partial charge in [-0.05, 0) is 6.07 Å². The maximum absolute atomic E-state index is 12.0. The molecule has 1 aromatic rings. The van der Waals surface area contributed by atoms with Crippen LogP contribution in [0.25, 0.3) is 0 Å². The van der Waals surface area contributed by atoms with Gasteiger partial charge in [-0.15, -0.1) is 13.2 Å². The van der Waals surface area contributed by atoms with Crippen LogP contribution < -0.4 is 10.5 Å². The van der Waals surface area contributed by atoms with Crippen LogP contribution >= 0.6 is 11.6 Å². The number of aromatic hydroxyl groups is 1. The number of aliphatic hydroxyl groups is 1. The highest BCUT2D eigenvalue weighted by atomic mass is 35.5. The summed E-state index contributed by atoms with van der Waals surface area (Å²) in [4.78, 5) is 0. The molecule has 0 heterocycles. The van der Waals surface area contributed by atoms with Gasteiger partial charge in [0.1, 0.15) is 11.5 Å². The zero-order valence-corrected chi connectivity index (χ0v) is 9.09. The fourth-order valence-corrected chi connectivity index (χ4v) is 1.38. The van der Waals surface area contributed by atoms with Gasteiger partial charge in [-0.2, -0.15) is 0 Å². The molecule has 0 amide bonds. The quantitative estimate of drug-likeness (QED) is 0.785. The van der Waals surface area contributed by atoms with Crippen molar-refractivity contribution in [3.05, 3.63) is 22.7 Å². The summed E-state index contributed by atoms with van der Waals surface area (Å²) in [5, 5.41) is 17.9. The van der Waals surface area contributed by atoms with Crippen molar-refractivity contribution in [2.24, 2.45) is 5.73 Å². The average molecular weight is 272 g/mol. The number of alkyl halides is 3. The number of hydrogen-bond donors (Lipinski definition) is 3. The Bertz CT molecular complexity index is 411. The van der Waals surface area contributed by atoms with E-state index in [2.05, 4.69) is 4.74 Å². The van der Waals surface area contributed by atoms with Crippen LogP contribution in [-0.2, 0) is 0 Å². The molecule has 96 valence electrons. The van der Waals surface area contributed by atoms with E-state index >= 15 is 0 Å². The summed E-state index contributed by atoms with van der Waals surface area (Å²) in [6.07, 6.45) is -4.87. The molecule has 1 rings (SSSR count). The van der Waals surface area contributed by atoms with Crippen LogP contribution in [0.5, 0.6) is 11.5 Å². The summed E-state index contributed by atoms with van der Waals surface area (Å²) in [5.41, 5.74) is 5.27.